The second-order valence-corrected chi connectivity index (χ2v) is 4.57. The topological polar surface area (TPSA) is 68.8 Å². The molecule has 2 aromatic rings. The third-order valence-corrected chi connectivity index (χ3v) is 2.88. The number of nitrogens with one attached hydrogen (secondary N) is 1. The van der Waals surface area contributed by atoms with Gasteiger partial charge in [-0.1, -0.05) is 12.2 Å². The Balaban J connectivity index is 2.38. The molecule has 0 atom stereocenters. The predicted octanol–water partition coefficient (Wildman–Crippen LogP) is 1.81. The van der Waals surface area contributed by atoms with Crippen LogP contribution < -0.4 is 11.1 Å². The van der Waals surface area contributed by atoms with Crippen LogP contribution in [0.2, 0.25) is 0 Å². The first-order valence-corrected chi connectivity index (χ1v) is 5.93. The summed E-state index contributed by atoms with van der Waals surface area (Å²) in [7, 11) is 1.89. The van der Waals surface area contributed by atoms with Crippen molar-refractivity contribution < 1.29 is 0 Å². The minimum absolute atomic E-state index is 0.317. The number of nitrogens with zero attached hydrogens (tertiary/aromatic N) is 3. The maximum absolute atomic E-state index is 5.68. The summed E-state index contributed by atoms with van der Waals surface area (Å²) in [5.74, 6) is 1.37. The van der Waals surface area contributed by atoms with E-state index in [0.29, 0.717) is 10.8 Å². The molecule has 2 rings (SSSR count). The van der Waals surface area contributed by atoms with Crippen LogP contribution in [0.25, 0.3) is 0 Å². The number of nitrogens with two attached hydrogens (primary N) is 1. The van der Waals surface area contributed by atoms with E-state index in [4.69, 9.17) is 18.0 Å². The molecule has 18 heavy (non-hydrogen) atoms. The Morgan fingerprint density at radius 3 is 2.67 bits per heavy atom. The minimum Gasteiger partial charge on any atom is -0.389 e. The molecule has 0 fully saturated rings. The number of aryl methyl sites for hydroxylation is 3. The van der Waals surface area contributed by atoms with Gasteiger partial charge in [0.25, 0.3) is 0 Å². The molecule has 0 aliphatic heterocycles. The van der Waals surface area contributed by atoms with Gasteiger partial charge >= 0.3 is 0 Å². The lowest BCUT2D eigenvalue weighted by Crippen LogP contribution is -2.13. The summed E-state index contributed by atoms with van der Waals surface area (Å²) < 4.78 is 1.79. The summed E-state index contributed by atoms with van der Waals surface area (Å²) >= 11 is 5.01. The summed E-state index contributed by atoms with van der Waals surface area (Å²) in [6.07, 6.45) is 0. The Kier molecular flexibility index (Phi) is 3.29. The first-order valence-electron chi connectivity index (χ1n) is 5.52. The number of hydrogen-bond acceptors (Lipinski definition) is 4. The highest BCUT2D eigenvalue weighted by molar-refractivity contribution is 7.80. The number of anilines is 2. The molecule has 5 nitrogen and oxygen atoms in total. The lowest BCUT2D eigenvalue weighted by atomic mass is 10.2. The fourth-order valence-electron chi connectivity index (χ4n) is 1.59. The van der Waals surface area contributed by atoms with Gasteiger partial charge in [0.15, 0.2) is 5.82 Å². The van der Waals surface area contributed by atoms with E-state index in [1.165, 1.54) is 0 Å². The second-order valence-electron chi connectivity index (χ2n) is 4.13. The quantitative estimate of drug-likeness (QED) is 0.825. The molecule has 6 heteroatoms. The van der Waals surface area contributed by atoms with E-state index < -0.39 is 0 Å². The zero-order valence-corrected chi connectivity index (χ0v) is 11.4. The van der Waals surface area contributed by atoms with Crippen LogP contribution in [0.15, 0.2) is 18.2 Å². The molecule has 0 radical (unpaired) electrons. The van der Waals surface area contributed by atoms with Crippen molar-refractivity contribution in [3.05, 3.63) is 35.2 Å². The molecule has 0 saturated carbocycles. The maximum atomic E-state index is 5.68. The Bertz CT molecular complexity index is 583. The molecule has 0 bridgehead atoms. The van der Waals surface area contributed by atoms with Crippen molar-refractivity contribution in [1.29, 1.82) is 0 Å². The average Bonchev–Trinajstić information content (AvgIpc) is 2.57. The van der Waals surface area contributed by atoms with Gasteiger partial charge in [0.1, 0.15) is 10.8 Å². The number of thiocarbonyl (C=S) groups is 1. The van der Waals surface area contributed by atoms with Crippen molar-refractivity contribution >= 4 is 28.8 Å². The van der Waals surface area contributed by atoms with Crippen LogP contribution >= 0.6 is 12.2 Å². The van der Waals surface area contributed by atoms with E-state index in [9.17, 15) is 0 Å². The molecule has 0 unspecified atom stereocenters. The van der Waals surface area contributed by atoms with Crippen molar-refractivity contribution in [2.75, 3.05) is 5.32 Å². The lowest BCUT2D eigenvalue weighted by Gasteiger charge is -2.08. The standard InChI is InChI=1S/C12H15N5S/c1-7-4-5-9(11(13)18)12(14-7)15-10-6-8(2)17(3)16-10/h4-6H,1-3H3,(H2,13,18)(H,14,15,16). The van der Waals surface area contributed by atoms with Crippen molar-refractivity contribution in [3.8, 4) is 0 Å². The maximum Gasteiger partial charge on any atom is 0.153 e. The summed E-state index contributed by atoms with van der Waals surface area (Å²) in [5, 5.41) is 7.46. The normalized spacial score (nSPS) is 10.4. The van der Waals surface area contributed by atoms with Crippen LogP contribution in [-0.4, -0.2) is 19.8 Å². The molecule has 0 saturated heterocycles. The van der Waals surface area contributed by atoms with Crippen molar-refractivity contribution in [3.63, 3.8) is 0 Å². The molecule has 2 heterocycles. The molecule has 0 amide bonds. The fourth-order valence-corrected chi connectivity index (χ4v) is 1.76. The van der Waals surface area contributed by atoms with Crippen molar-refractivity contribution in [2.45, 2.75) is 13.8 Å². The zero-order valence-electron chi connectivity index (χ0n) is 10.6. The highest BCUT2D eigenvalue weighted by Gasteiger charge is 2.09. The summed E-state index contributed by atoms with van der Waals surface area (Å²) in [6.45, 7) is 3.90. The van der Waals surface area contributed by atoms with Crippen LogP contribution in [0.4, 0.5) is 11.6 Å². The summed E-state index contributed by atoms with van der Waals surface area (Å²) in [5.41, 5.74) is 8.35. The van der Waals surface area contributed by atoms with Crippen LogP contribution in [0.5, 0.6) is 0 Å². The van der Waals surface area contributed by atoms with Gasteiger partial charge in [-0.2, -0.15) is 5.10 Å². The van der Waals surface area contributed by atoms with Crippen molar-refractivity contribution in [2.24, 2.45) is 12.8 Å². The Morgan fingerprint density at radius 1 is 1.39 bits per heavy atom. The van der Waals surface area contributed by atoms with Crippen LogP contribution in [0.1, 0.15) is 17.0 Å². The second kappa shape index (κ2) is 4.73. The zero-order chi connectivity index (χ0) is 13.3. The molecule has 0 spiro atoms. The molecule has 3 N–H and O–H groups in total. The predicted molar refractivity (Wildman–Crippen MR) is 76.1 cm³/mol. The Hall–Kier alpha value is -1.95. The van der Waals surface area contributed by atoms with E-state index in [-0.39, 0.29) is 0 Å². The van der Waals surface area contributed by atoms with Gasteiger partial charge in [-0.05, 0) is 26.0 Å². The van der Waals surface area contributed by atoms with E-state index >= 15 is 0 Å². The van der Waals surface area contributed by atoms with E-state index in [1.807, 2.05) is 39.1 Å². The van der Waals surface area contributed by atoms with Gasteiger partial charge in [-0.15, -0.1) is 0 Å². The molecule has 0 aliphatic rings. The highest BCUT2D eigenvalue weighted by atomic mass is 32.1. The number of hydrogen-bond donors (Lipinski definition) is 2. The van der Waals surface area contributed by atoms with Gasteiger partial charge in [0, 0.05) is 24.5 Å². The first-order chi connectivity index (χ1) is 8.47. The third kappa shape index (κ3) is 2.48. The van der Waals surface area contributed by atoms with E-state index in [2.05, 4.69) is 15.4 Å². The van der Waals surface area contributed by atoms with E-state index in [0.717, 1.165) is 22.8 Å². The number of rotatable bonds is 3. The number of aromatic nitrogens is 3. The van der Waals surface area contributed by atoms with Gasteiger partial charge in [-0.3, -0.25) is 4.68 Å². The van der Waals surface area contributed by atoms with E-state index in [1.54, 1.807) is 4.68 Å². The largest absolute Gasteiger partial charge is 0.389 e. The summed E-state index contributed by atoms with van der Waals surface area (Å²) in [4.78, 5) is 4.72. The lowest BCUT2D eigenvalue weighted by molar-refractivity contribution is 0.743. The van der Waals surface area contributed by atoms with Crippen molar-refractivity contribution in [1.82, 2.24) is 14.8 Å². The molecular formula is C12H15N5S. The molecule has 94 valence electrons. The third-order valence-electron chi connectivity index (χ3n) is 2.66. The molecule has 2 aromatic heterocycles. The first kappa shape index (κ1) is 12.5. The van der Waals surface area contributed by atoms with Crippen LogP contribution in [0, 0.1) is 13.8 Å². The van der Waals surface area contributed by atoms with Gasteiger partial charge in [-0.25, -0.2) is 4.98 Å². The molecule has 0 aliphatic carbocycles. The average molecular weight is 261 g/mol. The van der Waals surface area contributed by atoms with Crippen LogP contribution in [-0.2, 0) is 7.05 Å². The van der Waals surface area contributed by atoms with Crippen LogP contribution in [0.3, 0.4) is 0 Å². The Labute approximate surface area is 111 Å². The highest BCUT2D eigenvalue weighted by Crippen LogP contribution is 2.19. The van der Waals surface area contributed by atoms with Gasteiger partial charge < -0.3 is 11.1 Å². The fraction of sp³-hybridized carbons (Fsp3) is 0.250. The summed E-state index contributed by atoms with van der Waals surface area (Å²) in [6, 6.07) is 5.68. The van der Waals surface area contributed by atoms with Gasteiger partial charge in [0.05, 0.1) is 5.56 Å². The molecule has 0 aromatic carbocycles. The number of pyridine rings is 1. The Morgan fingerprint density at radius 2 is 2.11 bits per heavy atom. The SMILES string of the molecule is Cc1ccc(C(N)=S)c(Nc2cc(C)n(C)n2)n1. The van der Waals surface area contributed by atoms with Gasteiger partial charge in [0.2, 0.25) is 0 Å². The monoisotopic (exact) mass is 261 g/mol. The molecular weight excluding hydrogens is 246 g/mol. The minimum atomic E-state index is 0.317. The smallest absolute Gasteiger partial charge is 0.153 e.